The Labute approximate surface area is 149 Å². The van der Waals surface area contributed by atoms with Crippen molar-refractivity contribution in [3.8, 4) is 35.0 Å². The molecule has 0 spiro atoms. The van der Waals surface area contributed by atoms with Crippen LogP contribution in [0.15, 0.2) is 30.5 Å². The van der Waals surface area contributed by atoms with Crippen LogP contribution in [0.25, 0.3) is 22.6 Å². The summed E-state index contributed by atoms with van der Waals surface area (Å²) in [6.45, 7) is 1.91. The molecule has 0 saturated carbocycles. The lowest BCUT2D eigenvalue weighted by atomic mass is 10.0. The Balaban J connectivity index is 2.27. The van der Waals surface area contributed by atoms with E-state index in [4.69, 9.17) is 29.5 Å². The second kappa shape index (κ2) is 6.30. The number of rotatable bonds is 3. The molecule has 0 radical (unpaired) electrons. The molecular formula is C18H14ClN5O. The average molecular weight is 352 g/mol. The van der Waals surface area contributed by atoms with Crippen LogP contribution in [0.3, 0.4) is 0 Å². The van der Waals surface area contributed by atoms with Gasteiger partial charge in [0, 0.05) is 16.8 Å². The lowest BCUT2D eigenvalue weighted by Gasteiger charge is -2.07. The van der Waals surface area contributed by atoms with Crippen molar-refractivity contribution in [2.75, 3.05) is 5.73 Å². The summed E-state index contributed by atoms with van der Waals surface area (Å²) in [5, 5.41) is 0.544. The summed E-state index contributed by atoms with van der Waals surface area (Å²) in [6, 6.07) is 6.99. The first-order valence-electron chi connectivity index (χ1n) is 7.29. The number of amides is 1. The van der Waals surface area contributed by atoms with Crippen LogP contribution >= 0.6 is 11.6 Å². The number of primary amides is 1. The van der Waals surface area contributed by atoms with Crippen LogP contribution in [0.2, 0.25) is 5.02 Å². The first-order valence-corrected chi connectivity index (χ1v) is 7.67. The second-order valence-electron chi connectivity index (χ2n) is 5.43. The number of H-pyrrole nitrogens is 1. The topological polar surface area (TPSA) is 111 Å². The van der Waals surface area contributed by atoms with Crippen LogP contribution in [0.1, 0.15) is 21.5 Å². The number of hydrogen-bond donors (Lipinski definition) is 3. The fourth-order valence-corrected chi connectivity index (χ4v) is 2.73. The van der Waals surface area contributed by atoms with E-state index in [1.54, 1.807) is 18.2 Å². The Morgan fingerprint density at radius 3 is 2.80 bits per heavy atom. The van der Waals surface area contributed by atoms with Gasteiger partial charge in [-0.05, 0) is 30.7 Å². The molecule has 0 aliphatic carbocycles. The van der Waals surface area contributed by atoms with E-state index in [2.05, 4.69) is 20.9 Å². The molecule has 0 atom stereocenters. The number of terminal acetylenes is 1. The molecule has 0 saturated heterocycles. The molecule has 124 valence electrons. The summed E-state index contributed by atoms with van der Waals surface area (Å²) in [6.07, 6.45) is 6.96. The molecule has 7 heteroatoms. The van der Waals surface area contributed by atoms with Gasteiger partial charge in [0.15, 0.2) is 0 Å². The van der Waals surface area contributed by atoms with Crippen molar-refractivity contribution >= 4 is 23.5 Å². The van der Waals surface area contributed by atoms with Crippen molar-refractivity contribution in [2.45, 2.75) is 6.92 Å². The van der Waals surface area contributed by atoms with E-state index >= 15 is 0 Å². The predicted molar refractivity (Wildman–Crippen MR) is 97.9 cm³/mol. The zero-order valence-corrected chi connectivity index (χ0v) is 14.1. The van der Waals surface area contributed by atoms with E-state index in [0.29, 0.717) is 33.2 Å². The normalized spacial score (nSPS) is 10.4. The maximum Gasteiger partial charge on any atom is 0.250 e. The number of anilines is 1. The van der Waals surface area contributed by atoms with E-state index in [-0.39, 0.29) is 5.95 Å². The highest BCUT2D eigenvalue weighted by molar-refractivity contribution is 6.31. The van der Waals surface area contributed by atoms with Gasteiger partial charge in [-0.25, -0.2) is 9.97 Å². The zero-order valence-electron chi connectivity index (χ0n) is 13.3. The summed E-state index contributed by atoms with van der Waals surface area (Å²) < 4.78 is 0. The Kier molecular flexibility index (Phi) is 4.17. The van der Waals surface area contributed by atoms with Gasteiger partial charge in [-0.2, -0.15) is 0 Å². The van der Waals surface area contributed by atoms with Gasteiger partial charge >= 0.3 is 0 Å². The van der Waals surface area contributed by atoms with Gasteiger partial charge in [0.1, 0.15) is 5.69 Å². The Morgan fingerprint density at radius 1 is 1.36 bits per heavy atom. The predicted octanol–water partition coefficient (Wildman–Crippen LogP) is 2.76. The summed E-state index contributed by atoms with van der Waals surface area (Å²) in [5.41, 5.74) is 15.1. The van der Waals surface area contributed by atoms with Crippen LogP contribution in [-0.2, 0) is 0 Å². The number of nitrogens with two attached hydrogens (primary N) is 2. The van der Waals surface area contributed by atoms with Gasteiger partial charge < -0.3 is 16.5 Å². The van der Waals surface area contributed by atoms with E-state index in [0.717, 1.165) is 11.1 Å². The van der Waals surface area contributed by atoms with Gasteiger partial charge in [0.05, 0.1) is 22.5 Å². The van der Waals surface area contributed by atoms with Crippen LogP contribution < -0.4 is 11.5 Å². The quantitative estimate of drug-likeness (QED) is 0.630. The van der Waals surface area contributed by atoms with Crippen LogP contribution in [0.5, 0.6) is 0 Å². The molecule has 3 aromatic rings. The summed E-state index contributed by atoms with van der Waals surface area (Å²) in [5.74, 6) is 1.99. The number of carbonyl (C=O) groups is 1. The summed E-state index contributed by atoms with van der Waals surface area (Å²) in [7, 11) is 0. The molecule has 2 aromatic heterocycles. The number of nitrogens with zero attached hydrogens (tertiary/aromatic N) is 2. The summed E-state index contributed by atoms with van der Waals surface area (Å²) >= 11 is 6.10. The fraction of sp³-hybridized carbons (Fsp3) is 0.0556. The molecule has 5 N–H and O–H groups in total. The highest BCUT2D eigenvalue weighted by Gasteiger charge is 2.19. The standard InChI is InChI=1S/C18H14ClN5O/c1-3-10-8-22-18(21)24-15(10)14-7-13(17(20)25)16(23-14)12-6-11(19)5-4-9(12)2/h1,4-8,23H,2H3,(H2,20,25)(H2,21,22,24). The number of carbonyl (C=O) groups excluding carboxylic acids is 1. The molecule has 0 unspecified atom stereocenters. The summed E-state index contributed by atoms with van der Waals surface area (Å²) in [4.78, 5) is 23.2. The SMILES string of the molecule is C#Cc1cnc(N)nc1-c1cc(C(N)=O)c(-c2cc(Cl)ccc2C)[nH]1. The van der Waals surface area contributed by atoms with Crippen LogP contribution in [0.4, 0.5) is 5.95 Å². The third-order valence-electron chi connectivity index (χ3n) is 3.77. The molecule has 0 fully saturated rings. The smallest absolute Gasteiger partial charge is 0.250 e. The third-order valence-corrected chi connectivity index (χ3v) is 4.01. The van der Waals surface area contributed by atoms with E-state index in [1.807, 2.05) is 13.0 Å². The maximum atomic E-state index is 11.9. The minimum atomic E-state index is -0.582. The maximum absolute atomic E-state index is 11.9. The lowest BCUT2D eigenvalue weighted by Crippen LogP contribution is -2.11. The van der Waals surface area contributed by atoms with Crippen LogP contribution in [0, 0.1) is 19.3 Å². The molecule has 1 aromatic carbocycles. The van der Waals surface area contributed by atoms with Gasteiger partial charge in [-0.3, -0.25) is 4.79 Å². The molecular weight excluding hydrogens is 338 g/mol. The van der Waals surface area contributed by atoms with Crippen molar-refractivity contribution in [1.29, 1.82) is 0 Å². The number of nitrogen functional groups attached to an aromatic ring is 1. The van der Waals surface area contributed by atoms with E-state index < -0.39 is 5.91 Å². The number of aromatic amines is 1. The highest BCUT2D eigenvalue weighted by Crippen LogP contribution is 2.32. The van der Waals surface area contributed by atoms with Crippen molar-refractivity contribution < 1.29 is 4.79 Å². The Bertz CT molecular complexity index is 1030. The molecule has 0 bridgehead atoms. The highest BCUT2D eigenvalue weighted by atomic mass is 35.5. The number of nitrogens with one attached hydrogen (secondary N) is 1. The number of aromatic nitrogens is 3. The first kappa shape index (κ1) is 16.6. The van der Waals surface area contributed by atoms with E-state index in [1.165, 1.54) is 6.20 Å². The van der Waals surface area contributed by atoms with Crippen molar-refractivity contribution in [1.82, 2.24) is 15.0 Å². The third kappa shape index (κ3) is 3.05. The van der Waals surface area contributed by atoms with E-state index in [9.17, 15) is 4.79 Å². The number of aryl methyl sites for hydroxylation is 1. The largest absolute Gasteiger partial charge is 0.368 e. The van der Waals surface area contributed by atoms with Crippen LogP contribution in [-0.4, -0.2) is 20.9 Å². The molecule has 6 nitrogen and oxygen atoms in total. The second-order valence-corrected chi connectivity index (χ2v) is 5.87. The Morgan fingerprint density at radius 2 is 2.12 bits per heavy atom. The monoisotopic (exact) mass is 351 g/mol. The van der Waals surface area contributed by atoms with Gasteiger partial charge in [0.25, 0.3) is 5.91 Å². The number of benzene rings is 1. The van der Waals surface area contributed by atoms with Crippen molar-refractivity contribution in [3.63, 3.8) is 0 Å². The molecule has 25 heavy (non-hydrogen) atoms. The molecule has 3 rings (SSSR count). The Hall–Kier alpha value is -3.30. The molecule has 0 aliphatic rings. The van der Waals surface area contributed by atoms with Crippen molar-refractivity contribution in [3.05, 3.63) is 52.2 Å². The first-order chi connectivity index (χ1) is 11.9. The molecule has 1 amide bonds. The lowest BCUT2D eigenvalue weighted by molar-refractivity contribution is 0.100. The minimum absolute atomic E-state index is 0.0738. The number of halogens is 1. The zero-order chi connectivity index (χ0) is 18.1. The molecule has 2 heterocycles. The van der Waals surface area contributed by atoms with Gasteiger partial charge in [-0.1, -0.05) is 23.6 Å². The fourth-order valence-electron chi connectivity index (χ4n) is 2.56. The van der Waals surface area contributed by atoms with Gasteiger partial charge in [-0.15, -0.1) is 6.42 Å². The number of hydrogen-bond acceptors (Lipinski definition) is 4. The van der Waals surface area contributed by atoms with Crippen molar-refractivity contribution in [2.24, 2.45) is 5.73 Å². The average Bonchev–Trinajstić information content (AvgIpc) is 3.02. The van der Waals surface area contributed by atoms with Gasteiger partial charge in [0.2, 0.25) is 5.95 Å². The minimum Gasteiger partial charge on any atom is -0.368 e. The molecule has 0 aliphatic heterocycles.